The van der Waals surface area contributed by atoms with Gasteiger partial charge in [-0.15, -0.1) is 0 Å². The number of aromatic nitrogens is 1. The lowest BCUT2D eigenvalue weighted by molar-refractivity contribution is 1.13. The predicted octanol–water partition coefficient (Wildman–Crippen LogP) is 5.71. The second-order valence-corrected chi connectivity index (χ2v) is 6.90. The molecule has 1 heteroatoms. The highest BCUT2D eigenvalue weighted by atomic mass is 14.7. The number of nitrogens with zero attached hydrogens (tertiary/aromatic N) is 1. The van der Waals surface area contributed by atoms with Crippen LogP contribution in [0.15, 0.2) is 72.9 Å². The van der Waals surface area contributed by atoms with Gasteiger partial charge in [-0.2, -0.15) is 0 Å². The van der Waals surface area contributed by atoms with E-state index in [9.17, 15) is 0 Å². The van der Waals surface area contributed by atoms with Gasteiger partial charge in [0.25, 0.3) is 0 Å². The Morgan fingerprint density at radius 2 is 1.68 bits per heavy atom. The standard InChI is InChI=1S/C24H19N/c1-16-6-2-3-7-17(16)14-18-11-12-22-23-19(8-4-10-21(18)23)15-20-9-5-13-25-24(20)22/h2-13H,14-15H2,1H3. The molecule has 0 spiro atoms. The van der Waals surface area contributed by atoms with E-state index in [-0.39, 0.29) is 0 Å². The molecule has 1 aliphatic carbocycles. The lowest BCUT2D eigenvalue weighted by atomic mass is 9.84. The molecule has 0 fully saturated rings. The van der Waals surface area contributed by atoms with E-state index in [0.29, 0.717) is 0 Å². The molecule has 4 aromatic rings. The number of benzene rings is 3. The average molecular weight is 321 g/mol. The Labute approximate surface area is 148 Å². The number of pyridine rings is 1. The van der Waals surface area contributed by atoms with Gasteiger partial charge in [0.1, 0.15) is 0 Å². The first-order valence-electron chi connectivity index (χ1n) is 8.83. The fraction of sp³-hybridized carbons (Fsp3) is 0.125. The average Bonchev–Trinajstić information content (AvgIpc) is 2.65. The number of rotatable bonds is 2. The summed E-state index contributed by atoms with van der Waals surface area (Å²) in [6.07, 6.45) is 3.85. The van der Waals surface area contributed by atoms with Gasteiger partial charge in [-0.3, -0.25) is 4.98 Å². The summed E-state index contributed by atoms with van der Waals surface area (Å²) < 4.78 is 0. The Balaban J connectivity index is 1.73. The molecule has 0 unspecified atom stereocenters. The highest BCUT2D eigenvalue weighted by Crippen LogP contribution is 2.39. The van der Waals surface area contributed by atoms with Crippen LogP contribution in [-0.4, -0.2) is 4.98 Å². The van der Waals surface area contributed by atoms with Gasteiger partial charge in [0, 0.05) is 18.2 Å². The van der Waals surface area contributed by atoms with Crippen molar-refractivity contribution in [2.45, 2.75) is 19.8 Å². The van der Waals surface area contributed by atoms with Gasteiger partial charge in [-0.25, -0.2) is 0 Å². The molecular formula is C24H19N. The lowest BCUT2D eigenvalue weighted by Crippen LogP contribution is -2.04. The zero-order valence-electron chi connectivity index (χ0n) is 14.3. The minimum Gasteiger partial charge on any atom is -0.256 e. The SMILES string of the molecule is Cc1ccccc1Cc1ccc2c3c(cccc13)Cc1cccnc1-2. The molecule has 0 saturated heterocycles. The minimum absolute atomic E-state index is 0.974. The summed E-state index contributed by atoms with van der Waals surface area (Å²) in [4.78, 5) is 4.67. The Morgan fingerprint density at radius 1 is 0.800 bits per heavy atom. The van der Waals surface area contributed by atoms with Crippen LogP contribution in [0.2, 0.25) is 0 Å². The summed E-state index contributed by atoms with van der Waals surface area (Å²) in [7, 11) is 0. The molecule has 5 rings (SSSR count). The van der Waals surface area contributed by atoms with Crippen LogP contribution in [0.1, 0.15) is 27.8 Å². The topological polar surface area (TPSA) is 12.9 Å². The third-order valence-corrected chi connectivity index (χ3v) is 5.39. The quantitative estimate of drug-likeness (QED) is 0.406. The molecule has 0 N–H and O–H groups in total. The molecule has 25 heavy (non-hydrogen) atoms. The van der Waals surface area contributed by atoms with E-state index in [1.807, 2.05) is 12.3 Å². The first-order chi connectivity index (χ1) is 12.3. The van der Waals surface area contributed by atoms with Crippen LogP contribution in [0, 0.1) is 6.92 Å². The highest BCUT2D eigenvalue weighted by molar-refractivity contribution is 6.02. The first kappa shape index (κ1) is 14.4. The molecule has 3 aromatic carbocycles. The lowest BCUT2D eigenvalue weighted by Gasteiger charge is -2.21. The molecule has 120 valence electrons. The van der Waals surface area contributed by atoms with Crippen LogP contribution in [-0.2, 0) is 12.8 Å². The normalized spacial score (nSPS) is 12.2. The van der Waals surface area contributed by atoms with Gasteiger partial charge in [-0.05, 0) is 58.0 Å². The summed E-state index contributed by atoms with van der Waals surface area (Å²) in [5.74, 6) is 0. The van der Waals surface area contributed by atoms with Crippen molar-refractivity contribution in [2.24, 2.45) is 0 Å². The maximum absolute atomic E-state index is 4.67. The molecular weight excluding hydrogens is 302 g/mol. The van der Waals surface area contributed by atoms with Crippen LogP contribution in [0.3, 0.4) is 0 Å². The Kier molecular flexibility index (Phi) is 3.21. The monoisotopic (exact) mass is 321 g/mol. The van der Waals surface area contributed by atoms with E-state index in [0.717, 1.165) is 18.5 Å². The first-order valence-corrected chi connectivity index (χ1v) is 8.83. The summed E-state index contributed by atoms with van der Waals surface area (Å²) in [5.41, 5.74) is 9.32. The van der Waals surface area contributed by atoms with Crippen molar-refractivity contribution in [3.05, 3.63) is 101 Å². The summed E-state index contributed by atoms with van der Waals surface area (Å²) in [5, 5.41) is 2.76. The van der Waals surface area contributed by atoms with E-state index in [1.165, 1.54) is 44.2 Å². The summed E-state index contributed by atoms with van der Waals surface area (Å²) in [6, 6.07) is 24.2. The molecule has 0 saturated carbocycles. The second-order valence-electron chi connectivity index (χ2n) is 6.90. The van der Waals surface area contributed by atoms with Crippen molar-refractivity contribution < 1.29 is 0 Å². The summed E-state index contributed by atoms with van der Waals surface area (Å²) in [6.45, 7) is 2.20. The van der Waals surface area contributed by atoms with Gasteiger partial charge in [0.05, 0.1) is 5.69 Å². The second kappa shape index (κ2) is 5.56. The Bertz CT molecular complexity index is 1110. The minimum atomic E-state index is 0.974. The maximum atomic E-state index is 4.67. The number of hydrogen-bond acceptors (Lipinski definition) is 1. The van der Waals surface area contributed by atoms with E-state index >= 15 is 0 Å². The zero-order chi connectivity index (χ0) is 16.8. The van der Waals surface area contributed by atoms with E-state index in [1.54, 1.807) is 0 Å². The van der Waals surface area contributed by atoms with Crippen molar-refractivity contribution in [1.29, 1.82) is 0 Å². The van der Waals surface area contributed by atoms with E-state index in [4.69, 9.17) is 0 Å². The van der Waals surface area contributed by atoms with Gasteiger partial charge in [0.15, 0.2) is 0 Å². The van der Waals surface area contributed by atoms with Crippen LogP contribution >= 0.6 is 0 Å². The molecule has 0 bridgehead atoms. The van der Waals surface area contributed by atoms with Crippen molar-refractivity contribution in [1.82, 2.24) is 4.98 Å². The molecule has 0 radical (unpaired) electrons. The molecule has 0 atom stereocenters. The van der Waals surface area contributed by atoms with Crippen molar-refractivity contribution in [2.75, 3.05) is 0 Å². The van der Waals surface area contributed by atoms with Crippen LogP contribution in [0.4, 0.5) is 0 Å². The number of fused-ring (bicyclic) bond motifs is 2. The molecule has 1 aromatic heterocycles. The molecule has 0 aliphatic heterocycles. The fourth-order valence-electron chi connectivity index (χ4n) is 4.08. The third kappa shape index (κ3) is 2.27. The van der Waals surface area contributed by atoms with Gasteiger partial charge >= 0.3 is 0 Å². The Morgan fingerprint density at radius 3 is 2.60 bits per heavy atom. The molecule has 1 nitrogen and oxygen atoms in total. The third-order valence-electron chi connectivity index (χ3n) is 5.39. The van der Waals surface area contributed by atoms with Crippen molar-refractivity contribution in [3.8, 4) is 11.3 Å². The van der Waals surface area contributed by atoms with Crippen molar-refractivity contribution >= 4 is 10.8 Å². The fourth-order valence-corrected chi connectivity index (χ4v) is 4.08. The molecule has 0 amide bonds. The predicted molar refractivity (Wildman–Crippen MR) is 104 cm³/mol. The van der Waals surface area contributed by atoms with E-state index in [2.05, 4.69) is 72.6 Å². The number of hydrogen-bond donors (Lipinski definition) is 0. The van der Waals surface area contributed by atoms with Gasteiger partial charge in [-0.1, -0.05) is 60.7 Å². The smallest absolute Gasteiger partial charge is 0.0743 e. The van der Waals surface area contributed by atoms with Crippen LogP contribution in [0.5, 0.6) is 0 Å². The van der Waals surface area contributed by atoms with Gasteiger partial charge < -0.3 is 0 Å². The van der Waals surface area contributed by atoms with Crippen LogP contribution in [0.25, 0.3) is 22.0 Å². The summed E-state index contributed by atoms with van der Waals surface area (Å²) >= 11 is 0. The number of aryl methyl sites for hydroxylation is 1. The zero-order valence-corrected chi connectivity index (χ0v) is 14.3. The molecule has 1 aliphatic rings. The van der Waals surface area contributed by atoms with Crippen LogP contribution < -0.4 is 0 Å². The van der Waals surface area contributed by atoms with Crippen molar-refractivity contribution in [3.63, 3.8) is 0 Å². The maximum Gasteiger partial charge on any atom is 0.0743 e. The highest BCUT2D eigenvalue weighted by Gasteiger charge is 2.20. The van der Waals surface area contributed by atoms with E-state index < -0.39 is 0 Å². The molecule has 1 heterocycles. The Hall–Kier alpha value is -2.93. The largest absolute Gasteiger partial charge is 0.256 e. The van der Waals surface area contributed by atoms with Gasteiger partial charge in [0.2, 0.25) is 0 Å².